The van der Waals surface area contributed by atoms with Crippen LogP contribution in [0.5, 0.6) is 5.75 Å². The molecule has 0 bridgehead atoms. The summed E-state index contributed by atoms with van der Waals surface area (Å²) in [5, 5.41) is 11.6. The highest BCUT2D eigenvalue weighted by atomic mass is 16.6. The van der Waals surface area contributed by atoms with Crippen molar-refractivity contribution in [3.8, 4) is 5.75 Å². The number of para-hydroxylation sites is 1. The summed E-state index contributed by atoms with van der Waals surface area (Å²) in [4.78, 5) is 13.3. The van der Waals surface area contributed by atoms with Gasteiger partial charge in [0.15, 0.2) is 0 Å². The summed E-state index contributed by atoms with van der Waals surface area (Å²) in [6.45, 7) is 3.33. The third-order valence-electron chi connectivity index (χ3n) is 6.58. The first-order valence-corrected chi connectivity index (χ1v) is 11.6. The maximum Gasteiger partial charge on any atom is 0.347 e. The van der Waals surface area contributed by atoms with Crippen LogP contribution in [-0.2, 0) is 15.1 Å². The summed E-state index contributed by atoms with van der Waals surface area (Å²) in [7, 11) is 2.22. The number of carbonyl (C=O) groups is 1. The second kappa shape index (κ2) is 10.2. The van der Waals surface area contributed by atoms with Crippen molar-refractivity contribution in [1.82, 2.24) is 0 Å². The monoisotopic (exact) mass is 446 g/mol. The van der Waals surface area contributed by atoms with E-state index in [1.165, 1.54) is 0 Å². The van der Waals surface area contributed by atoms with Gasteiger partial charge >= 0.3 is 5.97 Å². The largest absolute Gasteiger partial charge is 0.488 e. The topological polar surface area (TPSA) is 55.8 Å². The number of esters is 1. The molecule has 0 aromatic heterocycles. The number of likely N-dealkylation sites (N-methyl/N-ethyl adjacent to an activating group) is 1. The third-order valence-corrected chi connectivity index (χ3v) is 6.58. The van der Waals surface area contributed by atoms with Crippen molar-refractivity contribution >= 4 is 5.97 Å². The summed E-state index contributed by atoms with van der Waals surface area (Å²) < 4.78 is 12.7. The molecule has 4 rings (SSSR count). The number of aliphatic hydroxyl groups is 1. The molecule has 1 aliphatic heterocycles. The lowest BCUT2D eigenvalue weighted by Crippen LogP contribution is -2.54. The van der Waals surface area contributed by atoms with Crippen molar-refractivity contribution in [3.63, 3.8) is 0 Å². The lowest BCUT2D eigenvalue weighted by molar-refractivity contribution is -0.915. The molecule has 0 atom stereocenters. The molecular weight excluding hydrogens is 414 g/mol. The Morgan fingerprint density at radius 1 is 0.879 bits per heavy atom. The molecule has 3 aromatic rings. The Morgan fingerprint density at radius 2 is 1.36 bits per heavy atom. The van der Waals surface area contributed by atoms with Crippen molar-refractivity contribution < 1.29 is 23.9 Å². The van der Waals surface area contributed by atoms with E-state index in [-0.39, 0.29) is 6.10 Å². The predicted molar refractivity (Wildman–Crippen MR) is 128 cm³/mol. The van der Waals surface area contributed by atoms with Gasteiger partial charge in [0.2, 0.25) is 5.60 Å². The minimum atomic E-state index is -1.83. The van der Waals surface area contributed by atoms with E-state index in [0.717, 1.165) is 42.7 Å². The molecule has 0 aliphatic carbocycles. The fraction of sp³-hybridized carbons (Fsp3) is 0.321. The van der Waals surface area contributed by atoms with Crippen LogP contribution in [0.15, 0.2) is 91.0 Å². The highest BCUT2D eigenvalue weighted by Gasteiger charge is 2.43. The molecule has 1 fully saturated rings. The average Bonchev–Trinajstić information content (AvgIpc) is 2.87. The van der Waals surface area contributed by atoms with E-state index >= 15 is 0 Å². The predicted octanol–water partition coefficient (Wildman–Crippen LogP) is 4.15. The maximum absolute atomic E-state index is 13.3. The van der Waals surface area contributed by atoms with Crippen LogP contribution < -0.4 is 4.74 Å². The minimum absolute atomic E-state index is 0.210. The Morgan fingerprint density at radius 3 is 1.88 bits per heavy atom. The second-order valence-electron chi connectivity index (χ2n) is 9.00. The molecule has 33 heavy (non-hydrogen) atoms. The number of hydrogen-bond donors (Lipinski definition) is 1. The smallest absolute Gasteiger partial charge is 0.347 e. The Kier molecular flexibility index (Phi) is 7.11. The summed E-state index contributed by atoms with van der Waals surface area (Å²) in [5.41, 5.74) is -0.812. The minimum Gasteiger partial charge on any atom is -0.488 e. The van der Waals surface area contributed by atoms with Gasteiger partial charge in [-0.3, -0.25) is 0 Å². The maximum atomic E-state index is 13.3. The zero-order chi connectivity index (χ0) is 23.2. The van der Waals surface area contributed by atoms with Crippen LogP contribution >= 0.6 is 0 Å². The fourth-order valence-electron chi connectivity index (χ4n) is 4.41. The number of nitrogens with zero attached hydrogens (tertiary/aromatic N) is 1. The van der Waals surface area contributed by atoms with Gasteiger partial charge in [0.05, 0.1) is 20.1 Å². The molecule has 1 saturated heterocycles. The van der Waals surface area contributed by atoms with E-state index < -0.39 is 11.6 Å². The lowest BCUT2D eigenvalue weighted by atomic mass is 9.86. The number of likely N-dealkylation sites (tertiary alicyclic amines) is 1. The van der Waals surface area contributed by atoms with Crippen molar-refractivity contribution in [3.05, 3.63) is 102 Å². The first-order valence-electron chi connectivity index (χ1n) is 11.6. The quantitative estimate of drug-likeness (QED) is 0.417. The molecule has 1 heterocycles. The summed E-state index contributed by atoms with van der Waals surface area (Å²) in [6, 6.07) is 27.9. The number of quaternary nitrogens is 1. The fourth-order valence-corrected chi connectivity index (χ4v) is 4.41. The van der Waals surface area contributed by atoms with E-state index in [2.05, 4.69) is 7.05 Å². The number of rotatable bonds is 8. The van der Waals surface area contributed by atoms with Gasteiger partial charge in [-0.25, -0.2) is 4.79 Å². The zero-order valence-electron chi connectivity index (χ0n) is 19.1. The van der Waals surface area contributed by atoms with E-state index in [4.69, 9.17) is 9.47 Å². The Balaban J connectivity index is 1.37. The molecule has 5 heteroatoms. The molecule has 3 aromatic carbocycles. The molecule has 0 saturated carbocycles. The molecule has 1 aliphatic rings. The standard InChI is InChI=1S/C28H32NO4/c1-29(21-22-32-25-15-9-4-10-16-25)19-17-26(18-20-29)33-27(30)28(31,23-11-5-2-6-12-23)24-13-7-3-8-14-24/h2-16,26,31H,17-22H2,1H3/q+1. The van der Waals surface area contributed by atoms with E-state index in [1.807, 2.05) is 66.7 Å². The first-order chi connectivity index (χ1) is 16.0. The highest BCUT2D eigenvalue weighted by molar-refractivity contribution is 5.85. The van der Waals surface area contributed by atoms with Crippen molar-refractivity contribution in [2.75, 3.05) is 33.3 Å². The van der Waals surface area contributed by atoms with Gasteiger partial charge in [0.25, 0.3) is 0 Å². The normalized spacial score (nSPS) is 20.7. The summed E-state index contributed by atoms with van der Waals surface area (Å²) in [6.07, 6.45) is 1.30. The number of carbonyl (C=O) groups excluding carboxylic acids is 1. The Labute approximate surface area is 195 Å². The Hall–Kier alpha value is -3.15. The van der Waals surface area contributed by atoms with Gasteiger partial charge in [-0.1, -0.05) is 78.9 Å². The van der Waals surface area contributed by atoms with Gasteiger partial charge in [0, 0.05) is 12.8 Å². The SMILES string of the molecule is C[N+]1(CCOc2ccccc2)CCC(OC(=O)C(O)(c2ccccc2)c2ccccc2)CC1. The van der Waals surface area contributed by atoms with Crippen LogP contribution in [-0.4, -0.2) is 55.0 Å². The van der Waals surface area contributed by atoms with Gasteiger partial charge in [-0.2, -0.15) is 0 Å². The molecule has 0 unspecified atom stereocenters. The van der Waals surface area contributed by atoms with E-state index in [1.54, 1.807) is 24.3 Å². The van der Waals surface area contributed by atoms with Crippen molar-refractivity contribution in [1.29, 1.82) is 0 Å². The van der Waals surface area contributed by atoms with Gasteiger partial charge in [0.1, 0.15) is 25.0 Å². The molecule has 172 valence electrons. The van der Waals surface area contributed by atoms with Crippen LogP contribution in [0.25, 0.3) is 0 Å². The van der Waals surface area contributed by atoms with Gasteiger partial charge in [-0.15, -0.1) is 0 Å². The molecule has 0 radical (unpaired) electrons. The summed E-state index contributed by atoms with van der Waals surface area (Å²) >= 11 is 0. The van der Waals surface area contributed by atoms with Crippen LogP contribution in [0, 0.1) is 0 Å². The molecular formula is C28H32NO4+. The van der Waals surface area contributed by atoms with Crippen molar-refractivity contribution in [2.24, 2.45) is 0 Å². The van der Waals surface area contributed by atoms with Crippen LogP contribution in [0.4, 0.5) is 0 Å². The molecule has 0 spiro atoms. The van der Waals surface area contributed by atoms with E-state index in [9.17, 15) is 9.90 Å². The highest BCUT2D eigenvalue weighted by Crippen LogP contribution is 2.32. The zero-order valence-corrected chi connectivity index (χ0v) is 19.1. The van der Waals surface area contributed by atoms with Crippen LogP contribution in [0.2, 0.25) is 0 Å². The van der Waals surface area contributed by atoms with Gasteiger partial charge < -0.3 is 19.1 Å². The molecule has 5 nitrogen and oxygen atoms in total. The number of hydrogen-bond acceptors (Lipinski definition) is 4. The summed E-state index contributed by atoms with van der Waals surface area (Å²) in [5.74, 6) is 0.266. The first kappa shape index (κ1) is 23.0. The second-order valence-corrected chi connectivity index (χ2v) is 9.00. The number of ether oxygens (including phenoxy) is 2. The molecule has 0 amide bonds. The van der Waals surface area contributed by atoms with Crippen LogP contribution in [0.3, 0.4) is 0 Å². The molecule has 1 N–H and O–H groups in total. The number of benzene rings is 3. The number of piperidine rings is 1. The average molecular weight is 447 g/mol. The van der Waals surface area contributed by atoms with Crippen molar-refractivity contribution in [2.45, 2.75) is 24.5 Å². The third kappa shape index (κ3) is 5.44. The van der Waals surface area contributed by atoms with Gasteiger partial charge in [-0.05, 0) is 23.3 Å². The lowest BCUT2D eigenvalue weighted by Gasteiger charge is -2.40. The van der Waals surface area contributed by atoms with Crippen LogP contribution in [0.1, 0.15) is 24.0 Å². The van der Waals surface area contributed by atoms with E-state index in [0.29, 0.717) is 17.7 Å². The Bertz CT molecular complexity index is 976.